The zero-order chi connectivity index (χ0) is 46.5. The Kier molecular flexibility index (Phi) is 16.4. The highest BCUT2D eigenvalue weighted by Crippen LogP contribution is 2.57. The molecule has 0 unspecified atom stereocenters. The standard InChI is InChI=1S/C47H70O14/c1-16-28(2)26-29(3)22-23-34(49)56-37-36(50)47(41(53)60-44(13,14)15)46(54,40(52)59-43(10,11)12)38(39(51)58-42(7,8)9)57-45(37,61-47)25-24-30(4)35(55-32(6)48)31(5)27-33-20-18-17-19-21-33/h17-23,28-29,31,35-38,50,54H,4,16,24-27H2,1-3,5-15H3/b23-22+/t28-,29+,31+,35+,36+,37+,38+,45-,46+,47-/m0/s1. The summed E-state index contributed by atoms with van der Waals surface area (Å²) in [5, 5.41) is 25.5. The van der Waals surface area contributed by atoms with Gasteiger partial charge in [-0.3, -0.25) is 4.79 Å². The summed E-state index contributed by atoms with van der Waals surface area (Å²) in [5.41, 5.74) is -9.33. The maximum atomic E-state index is 14.8. The molecule has 2 heterocycles. The molecule has 1 aromatic carbocycles. The van der Waals surface area contributed by atoms with Crippen molar-refractivity contribution < 1.29 is 67.3 Å². The third kappa shape index (κ3) is 12.5. The van der Waals surface area contributed by atoms with Gasteiger partial charge in [0.05, 0.1) is 0 Å². The molecule has 2 fully saturated rings. The highest BCUT2D eigenvalue weighted by molar-refractivity contribution is 6.00. The molecule has 10 atom stereocenters. The zero-order valence-electron chi connectivity index (χ0n) is 38.6. The van der Waals surface area contributed by atoms with Crippen LogP contribution in [0.2, 0.25) is 0 Å². The summed E-state index contributed by atoms with van der Waals surface area (Å²) in [6.45, 7) is 27.0. The van der Waals surface area contributed by atoms with Gasteiger partial charge in [0.25, 0.3) is 0 Å². The molecule has 61 heavy (non-hydrogen) atoms. The summed E-state index contributed by atoms with van der Waals surface area (Å²) in [6.07, 6.45) is -3.35. The molecule has 0 aliphatic carbocycles. The van der Waals surface area contributed by atoms with Gasteiger partial charge in [0.2, 0.25) is 23.1 Å². The lowest BCUT2D eigenvalue weighted by Gasteiger charge is -2.51. The minimum Gasteiger partial charge on any atom is -0.458 e. The maximum absolute atomic E-state index is 14.8. The van der Waals surface area contributed by atoms with E-state index >= 15 is 0 Å². The first-order valence-electron chi connectivity index (χ1n) is 21.2. The normalized spacial score (nSPS) is 27.3. The Morgan fingerprint density at radius 1 is 0.885 bits per heavy atom. The van der Waals surface area contributed by atoms with Crippen molar-refractivity contribution in [1.82, 2.24) is 0 Å². The fourth-order valence-corrected chi connectivity index (χ4v) is 7.62. The van der Waals surface area contributed by atoms with Crippen LogP contribution in [-0.4, -0.2) is 98.3 Å². The number of fused-ring (bicyclic) bond motifs is 2. The van der Waals surface area contributed by atoms with E-state index < -0.39 is 94.5 Å². The number of ether oxygens (including phenoxy) is 7. The molecule has 0 amide bonds. The molecule has 0 saturated carbocycles. The molecule has 2 saturated heterocycles. The molecule has 14 nitrogen and oxygen atoms in total. The van der Waals surface area contributed by atoms with E-state index in [0.29, 0.717) is 17.9 Å². The number of rotatable bonds is 17. The maximum Gasteiger partial charge on any atom is 0.346 e. The molecule has 2 aliphatic heterocycles. The van der Waals surface area contributed by atoms with Crippen molar-refractivity contribution in [3.8, 4) is 0 Å². The Bertz CT molecular complexity index is 1770. The number of carbonyl (C=O) groups excluding carboxylic acids is 5. The van der Waals surface area contributed by atoms with Crippen LogP contribution in [0.15, 0.2) is 54.6 Å². The van der Waals surface area contributed by atoms with Gasteiger partial charge in [0.15, 0.2) is 6.10 Å². The van der Waals surface area contributed by atoms with Gasteiger partial charge in [-0.15, -0.1) is 0 Å². The predicted molar refractivity (Wildman–Crippen MR) is 225 cm³/mol. The largest absolute Gasteiger partial charge is 0.458 e. The van der Waals surface area contributed by atoms with Crippen molar-refractivity contribution in [3.05, 3.63) is 60.2 Å². The van der Waals surface area contributed by atoms with Crippen molar-refractivity contribution in [2.45, 2.75) is 187 Å². The van der Waals surface area contributed by atoms with Crippen LogP contribution >= 0.6 is 0 Å². The van der Waals surface area contributed by atoms with Crippen molar-refractivity contribution in [3.63, 3.8) is 0 Å². The Balaban J connectivity index is 2.31. The van der Waals surface area contributed by atoms with Crippen LogP contribution in [0.25, 0.3) is 0 Å². The second-order valence-corrected chi connectivity index (χ2v) is 19.7. The number of benzene rings is 1. The fraction of sp³-hybridized carbons (Fsp3) is 0.681. The quantitative estimate of drug-likeness (QED) is 0.0732. The summed E-state index contributed by atoms with van der Waals surface area (Å²) in [4.78, 5) is 69.9. The lowest BCUT2D eigenvalue weighted by atomic mass is 9.74. The van der Waals surface area contributed by atoms with Gasteiger partial charge in [0, 0.05) is 25.3 Å². The zero-order valence-corrected chi connectivity index (χ0v) is 38.6. The third-order valence-electron chi connectivity index (χ3n) is 10.4. The van der Waals surface area contributed by atoms with E-state index in [9.17, 15) is 34.2 Å². The van der Waals surface area contributed by atoms with Gasteiger partial charge < -0.3 is 43.4 Å². The number of allylic oxidation sites excluding steroid dienone is 1. The lowest BCUT2D eigenvalue weighted by molar-refractivity contribution is -0.378. The minimum atomic E-state index is -3.52. The summed E-state index contributed by atoms with van der Waals surface area (Å²) in [5.74, 6) is -8.46. The first-order valence-corrected chi connectivity index (χ1v) is 21.2. The van der Waals surface area contributed by atoms with Crippen LogP contribution in [0.5, 0.6) is 0 Å². The summed E-state index contributed by atoms with van der Waals surface area (Å²) < 4.78 is 41.7. The van der Waals surface area contributed by atoms with Gasteiger partial charge in [-0.05, 0) is 105 Å². The van der Waals surface area contributed by atoms with E-state index in [1.807, 2.05) is 44.2 Å². The number of aliphatic hydroxyl groups excluding tert-OH is 1. The van der Waals surface area contributed by atoms with E-state index in [1.165, 1.54) is 75.3 Å². The van der Waals surface area contributed by atoms with E-state index in [0.717, 1.165) is 18.4 Å². The Labute approximate surface area is 361 Å². The summed E-state index contributed by atoms with van der Waals surface area (Å²) in [7, 11) is 0. The second kappa shape index (κ2) is 19.5. The monoisotopic (exact) mass is 858 g/mol. The van der Waals surface area contributed by atoms with Gasteiger partial charge in [-0.1, -0.05) is 77.1 Å². The molecule has 1 aromatic rings. The van der Waals surface area contributed by atoms with Crippen molar-refractivity contribution in [2.24, 2.45) is 17.8 Å². The van der Waals surface area contributed by atoms with Gasteiger partial charge in [-0.2, -0.15) is 0 Å². The van der Waals surface area contributed by atoms with Gasteiger partial charge in [-0.25, -0.2) is 19.2 Å². The van der Waals surface area contributed by atoms with E-state index in [2.05, 4.69) is 20.4 Å². The molecular weight excluding hydrogens is 789 g/mol. The topological polar surface area (TPSA) is 190 Å². The molecule has 2 N–H and O–H groups in total. The molecular formula is C47H70O14. The van der Waals surface area contributed by atoms with Crippen LogP contribution in [0.3, 0.4) is 0 Å². The Morgan fingerprint density at radius 2 is 1.44 bits per heavy atom. The third-order valence-corrected chi connectivity index (χ3v) is 10.4. The first-order chi connectivity index (χ1) is 27.9. The number of esters is 5. The highest BCUT2D eigenvalue weighted by Gasteiger charge is 2.86. The summed E-state index contributed by atoms with van der Waals surface area (Å²) >= 11 is 0. The average Bonchev–Trinajstić information content (AvgIpc) is 3.33. The first kappa shape index (κ1) is 51.2. The van der Waals surface area contributed by atoms with Crippen LogP contribution in [0, 0.1) is 17.8 Å². The molecule has 2 aliphatic rings. The van der Waals surface area contributed by atoms with E-state index in [4.69, 9.17) is 33.2 Å². The predicted octanol–water partition coefficient (Wildman–Crippen LogP) is 6.65. The SMILES string of the molecule is C=C(CC[C@]12O[C@H](C(=O)OC(C)(C)C)[C@@](O)(C(=O)OC(C)(C)C)[C@](C(=O)OC(C)(C)C)(O1)[C@H](O)[C@H]2OC(=O)/C=C/[C@@H](C)C[C@@H](C)CC)[C@@H](OC(C)=O)[C@H](C)Cc1ccccc1. The van der Waals surface area contributed by atoms with Crippen molar-refractivity contribution in [1.29, 1.82) is 0 Å². The smallest absolute Gasteiger partial charge is 0.346 e. The van der Waals surface area contributed by atoms with Crippen LogP contribution in [0.1, 0.15) is 128 Å². The molecule has 0 radical (unpaired) electrons. The number of hydrogen-bond acceptors (Lipinski definition) is 14. The molecule has 14 heteroatoms. The van der Waals surface area contributed by atoms with Gasteiger partial charge in [0.1, 0.15) is 29.0 Å². The molecule has 342 valence electrons. The highest BCUT2D eigenvalue weighted by atomic mass is 16.8. The van der Waals surface area contributed by atoms with Crippen molar-refractivity contribution >= 4 is 29.8 Å². The number of hydrogen-bond donors (Lipinski definition) is 2. The minimum absolute atomic E-state index is 0.0574. The molecule has 0 spiro atoms. The number of carbonyl (C=O) groups is 5. The molecule has 2 bridgehead atoms. The Hall–Kier alpha value is -4.11. The van der Waals surface area contributed by atoms with Crippen molar-refractivity contribution in [2.75, 3.05) is 0 Å². The Morgan fingerprint density at radius 3 is 1.97 bits per heavy atom. The lowest BCUT2D eigenvalue weighted by Crippen LogP contribution is -2.79. The fourth-order valence-electron chi connectivity index (χ4n) is 7.62. The average molecular weight is 859 g/mol. The molecule has 0 aromatic heterocycles. The van der Waals surface area contributed by atoms with Crippen LogP contribution in [-0.2, 0) is 63.6 Å². The summed E-state index contributed by atoms with van der Waals surface area (Å²) in [6, 6.07) is 9.53. The number of aliphatic hydroxyl groups is 2. The van der Waals surface area contributed by atoms with Crippen LogP contribution < -0.4 is 0 Å². The molecule has 3 rings (SSSR count). The van der Waals surface area contributed by atoms with Crippen LogP contribution in [0.4, 0.5) is 0 Å². The second-order valence-electron chi connectivity index (χ2n) is 19.7. The van der Waals surface area contributed by atoms with E-state index in [-0.39, 0.29) is 18.3 Å². The van der Waals surface area contributed by atoms with Gasteiger partial charge >= 0.3 is 29.8 Å². The van der Waals surface area contributed by atoms with E-state index in [1.54, 1.807) is 6.08 Å².